The van der Waals surface area contributed by atoms with Gasteiger partial charge in [0.1, 0.15) is 0 Å². The van der Waals surface area contributed by atoms with Crippen molar-refractivity contribution in [3.8, 4) is 0 Å². The predicted molar refractivity (Wildman–Crippen MR) is 77.5 cm³/mol. The van der Waals surface area contributed by atoms with E-state index in [-0.39, 0.29) is 17.7 Å². The smallest absolute Gasteiger partial charge is 0.287 e. The normalized spacial score (nSPS) is 20.8. The van der Waals surface area contributed by atoms with Crippen molar-refractivity contribution in [1.82, 2.24) is 5.32 Å². The molecule has 2 N–H and O–H groups in total. The Labute approximate surface area is 124 Å². The molecule has 2 atom stereocenters. The number of rotatable bonds is 2. The van der Waals surface area contributed by atoms with E-state index < -0.39 is 6.10 Å². The minimum Gasteiger partial charge on any atom is -0.444 e. The molecule has 1 aromatic carbocycles. The Kier molecular flexibility index (Phi) is 3.40. The number of amides is 1. The predicted octanol–water partition coefficient (Wildman–Crippen LogP) is 2.74. The molecule has 1 aromatic heterocycles. The van der Waals surface area contributed by atoms with Crippen LogP contribution in [0.3, 0.4) is 0 Å². The summed E-state index contributed by atoms with van der Waals surface area (Å²) < 4.78 is 5.85. The Bertz CT molecular complexity index is 665. The van der Waals surface area contributed by atoms with Crippen LogP contribution in [0.2, 0.25) is 0 Å². The molecule has 0 fully saturated rings. The Balaban J connectivity index is 1.85. The zero-order valence-corrected chi connectivity index (χ0v) is 12.5. The van der Waals surface area contributed by atoms with Gasteiger partial charge < -0.3 is 14.8 Å². The maximum Gasteiger partial charge on any atom is 0.287 e. The van der Waals surface area contributed by atoms with Crippen molar-refractivity contribution in [3.63, 3.8) is 0 Å². The number of benzene rings is 1. The number of aliphatic hydroxyl groups is 1. The first-order valence-corrected chi connectivity index (χ1v) is 7.18. The van der Waals surface area contributed by atoms with Gasteiger partial charge in [-0.05, 0) is 40.0 Å². The van der Waals surface area contributed by atoms with E-state index in [4.69, 9.17) is 4.42 Å². The van der Waals surface area contributed by atoms with Gasteiger partial charge in [-0.2, -0.15) is 0 Å². The largest absolute Gasteiger partial charge is 0.444 e. The molecule has 0 radical (unpaired) electrons. The average Bonchev–Trinajstić information content (AvgIpc) is 2.90. The molecule has 1 heterocycles. The fourth-order valence-corrected chi connectivity index (χ4v) is 3.13. The standard InChI is InChI=1S/C15H14BrNO3/c1-8-6-12(16)20-14(8)15(19)17-13-10-5-3-2-4-9(10)7-11(13)18/h2-6,11,13,18H,7H2,1H3,(H,17,19). The average molecular weight is 336 g/mol. The van der Waals surface area contributed by atoms with Gasteiger partial charge in [-0.25, -0.2) is 0 Å². The number of hydrogen-bond donors (Lipinski definition) is 2. The number of furan rings is 1. The van der Waals surface area contributed by atoms with Crippen LogP contribution >= 0.6 is 15.9 Å². The van der Waals surface area contributed by atoms with Crippen LogP contribution in [0.25, 0.3) is 0 Å². The van der Waals surface area contributed by atoms with E-state index in [0.29, 0.717) is 11.1 Å². The molecule has 3 rings (SSSR count). The van der Waals surface area contributed by atoms with Crippen molar-refractivity contribution in [2.75, 3.05) is 0 Å². The van der Waals surface area contributed by atoms with E-state index in [2.05, 4.69) is 21.2 Å². The highest BCUT2D eigenvalue weighted by Gasteiger charge is 2.32. The third-order valence-electron chi connectivity index (χ3n) is 3.58. The Morgan fingerprint density at radius 1 is 1.45 bits per heavy atom. The molecule has 1 aliphatic rings. The molecule has 2 unspecified atom stereocenters. The number of halogens is 1. The third kappa shape index (κ3) is 2.27. The topological polar surface area (TPSA) is 62.5 Å². The zero-order valence-electron chi connectivity index (χ0n) is 10.9. The van der Waals surface area contributed by atoms with E-state index in [9.17, 15) is 9.90 Å². The monoisotopic (exact) mass is 335 g/mol. The van der Waals surface area contributed by atoms with E-state index in [1.54, 1.807) is 6.07 Å². The summed E-state index contributed by atoms with van der Waals surface area (Å²) in [6, 6.07) is 9.10. The summed E-state index contributed by atoms with van der Waals surface area (Å²) >= 11 is 3.21. The summed E-state index contributed by atoms with van der Waals surface area (Å²) in [5.41, 5.74) is 2.80. The van der Waals surface area contributed by atoms with Gasteiger partial charge in [0.25, 0.3) is 5.91 Å². The summed E-state index contributed by atoms with van der Waals surface area (Å²) in [4.78, 5) is 12.3. The Hall–Kier alpha value is -1.59. The van der Waals surface area contributed by atoms with Crippen LogP contribution in [0.5, 0.6) is 0 Å². The summed E-state index contributed by atoms with van der Waals surface area (Å²) in [6.07, 6.45) is -0.0443. The van der Waals surface area contributed by atoms with Crippen LogP contribution in [0.15, 0.2) is 39.4 Å². The highest BCUT2D eigenvalue weighted by atomic mass is 79.9. The van der Waals surface area contributed by atoms with E-state index in [1.807, 2.05) is 31.2 Å². The lowest BCUT2D eigenvalue weighted by Gasteiger charge is -2.17. The summed E-state index contributed by atoms with van der Waals surface area (Å²) in [5.74, 6) is -0.0394. The molecule has 104 valence electrons. The van der Waals surface area contributed by atoms with Gasteiger partial charge in [0.15, 0.2) is 10.4 Å². The molecular formula is C15H14BrNO3. The molecular weight excluding hydrogens is 322 g/mol. The summed E-state index contributed by atoms with van der Waals surface area (Å²) in [6.45, 7) is 1.81. The van der Waals surface area contributed by atoms with Gasteiger partial charge >= 0.3 is 0 Å². The van der Waals surface area contributed by atoms with Gasteiger partial charge in [-0.1, -0.05) is 24.3 Å². The fourth-order valence-electron chi connectivity index (χ4n) is 2.62. The molecule has 0 bridgehead atoms. The number of aryl methyl sites for hydroxylation is 1. The maximum atomic E-state index is 12.3. The molecule has 20 heavy (non-hydrogen) atoms. The molecule has 0 spiro atoms. The molecule has 4 nitrogen and oxygen atoms in total. The second-order valence-corrected chi connectivity index (χ2v) is 5.77. The van der Waals surface area contributed by atoms with Crippen molar-refractivity contribution in [1.29, 1.82) is 0 Å². The maximum absolute atomic E-state index is 12.3. The van der Waals surface area contributed by atoms with Gasteiger partial charge in [0, 0.05) is 12.0 Å². The molecule has 0 saturated carbocycles. The lowest BCUT2D eigenvalue weighted by Crippen LogP contribution is -2.33. The van der Waals surface area contributed by atoms with E-state index >= 15 is 0 Å². The number of hydrogen-bond acceptors (Lipinski definition) is 3. The molecule has 1 aliphatic carbocycles. The number of nitrogens with one attached hydrogen (secondary N) is 1. The van der Waals surface area contributed by atoms with Crippen molar-refractivity contribution >= 4 is 21.8 Å². The van der Waals surface area contributed by atoms with Gasteiger partial charge in [0.05, 0.1) is 12.1 Å². The SMILES string of the molecule is Cc1cc(Br)oc1C(=O)NC1c2ccccc2CC1O. The van der Waals surface area contributed by atoms with Crippen molar-refractivity contribution in [2.24, 2.45) is 0 Å². The number of fused-ring (bicyclic) bond motifs is 1. The summed E-state index contributed by atoms with van der Waals surface area (Å²) in [7, 11) is 0. The molecule has 0 saturated heterocycles. The Morgan fingerprint density at radius 2 is 2.20 bits per heavy atom. The minimum absolute atomic E-state index is 0.272. The van der Waals surface area contributed by atoms with Crippen LogP contribution in [-0.4, -0.2) is 17.1 Å². The quantitative estimate of drug-likeness (QED) is 0.886. The zero-order chi connectivity index (χ0) is 14.3. The van der Waals surface area contributed by atoms with Crippen LogP contribution in [-0.2, 0) is 6.42 Å². The second kappa shape index (κ2) is 5.07. The van der Waals surface area contributed by atoms with Crippen molar-refractivity contribution < 1.29 is 14.3 Å². The van der Waals surface area contributed by atoms with E-state index in [0.717, 1.165) is 16.7 Å². The lowest BCUT2D eigenvalue weighted by molar-refractivity contribution is 0.0829. The summed E-state index contributed by atoms with van der Waals surface area (Å²) in [5, 5.41) is 13.0. The lowest BCUT2D eigenvalue weighted by atomic mass is 10.1. The Morgan fingerprint density at radius 3 is 2.90 bits per heavy atom. The van der Waals surface area contributed by atoms with Gasteiger partial charge in [-0.15, -0.1) is 0 Å². The highest BCUT2D eigenvalue weighted by molar-refractivity contribution is 9.10. The fraction of sp³-hybridized carbons (Fsp3) is 0.267. The third-order valence-corrected chi connectivity index (χ3v) is 3.98. The highest BCUT2D eigenvalue weighted by Crippen LogP contribution is 2.31. The molecule has 0 aliphatic heterocycles. The van der Waals surface area contributed by atoms with Crippen LogP contribution in [0, 0.1) is 6.92 Å². The molecule has 5 heteroatoms. The van der Waals surface area contributed by atoms with Crippen molar-refractivity contribution in [2.45, 2.75) is 25.5 Å². The van der Waals surface area contributed by atoms with Gasteiger partial charge in [0.2, 0.25) is 0 Å². The van der Waals surface area contributed by atoms with Gasteiger partial charge in [-0.3, -0.25) is 4.79 Å². The van der Waals surface area contributed by atoms with Crippen LogP contribution in [0.1, 0.15) is 33.3 Å². The first-order valence-electron chi connectivity index (χ1n) is 6.39. The van der Waals surface area contributed by atoms with E-state index in [1.165, 1.54) is 0 Å². The van der Waals surface area contributed by atoms with Crippen molar-refractivity contribution in [3.05, 3.63) is 57.5 Å². The van der Waals surface area contributed by atoms with Crippen LogP contribution in [0.4, 0.5) is 0 Å². The number of carbonyl (C=O) groups is 1. The first kappa shape index (κ1) is 13.4. The van der Waals surface area contributed by atoms with Crippen LogP contribution < -0.4 is 5.32 Å². The molecule has 2 aromatic rings. The minimum atomic E-state index is -0.602. The molecule has 1 amide bonds. The number of aliphatic hydroxyl groups excluding tert-OH is 1. The second-order valence-electron chi connectivity index (χ2n) is 4.98. The first-order chi connectivity index (χ1) is 9.56. The number of carbonyl (C=O) groups excluding carboxylic acids is 1.